The minimum absolute atomic E-state index is 0.373. The highest BCUT2D eigenvalue weighted by Crippen LogP contribution is 2.36. The van der Waals surface area contributed by atoms with E-state index in [0.29, 0.717) is 0 Å². The van der Waals surface area contributed by atoms with Gasteiger partial charge in [0.2, 0.25) is 0 Å². The fraction of sp³-hybridized carbons (Fsp3) is 0.643. The Kier molecular flexibility index (Phi) is 3.28. The second-order valence-corrected chi connectivity index (χ2v) is 6.65. The average molecular weight is 263 g/mol. The molecule has 1 aromatic rings. The first-order chi connectivity index (χ1) is 8.53. The molecule has 0 spiro atoms. The van der Waals surface area contributed by atoms with Crippen molar-refractivity contribution in [3.05, 3.63) is 24.0 Å². The highest BCUT2D eigenvalue weighted by atomic mass is 16.7. The molecule has 0 bridgehead atoms. The molecule has 0 amide bonds. The van der Waals surface area contributed by atoms with Gasteiger partial charge in [-0.25, -0.2) is 0 Å². The molecule has 104 valence electrons. The minimum atomic E-state index is -0.924. The molecule has 0 aromatic carbocycles. The van der Waals surface area contributed by atoms with Crippen molar-refractivity contribution in [3.8, 4) is 0 Å². The molecule has 1 aliphatic heterocycles. The zero-order valence-corrected chi connectivity index (χ0v) is 12.5. The maximum Gasteiger partial charge on any atom is 0.496 e. The summed E-state index contributed by atoms with van der Waals surface area (Å²) in [6, 6.07) is 1.88. The Bertz CT molecular complexity index is 464. The molecule has 0 radical (unpaired) electrons. The first kappa shape index (κ1) is 14.5. The zero-order valence-electron chi connectivity index (χ0n) is 12.5. The van der Waals surface area contributed by atoms with E-state index in [2.05, 4.69) is 4.98 Å². The number of pyridine rings is 1. The highest BCUT2D eigenvalue weighted by Gasteiger charge is 2.51. The van der Waals surface area contributed by atoms with Gasteiger partial charge in [-0.3, -0.25) is 4.98 Å². The quantitative estimate of drug-likeness (QED) is 0.823. The van der Waals surface area contributed by atoms with Gasteiger partial charge in [0.15, 0.2) is 0 Å². The predicted molar refractivity (Wildman–Crippen MR) is 75.2 cm³/mol. The van der Waals surface area contributed by atoms with Crippen molar-refractivity contribution in [3.63, 3.8) is 0 Å². The molecule has 1 aliphatic rings. The van der Waals surface area contributed by atoms with Gasteiger partial charge in [-0.05, 0) is 41.5 Å². The lowest BCUT2D eigenvalue weighted by molar-refractivity contribution is 0.00578. The minimum Gasteiger partial charge on any atom is -0.399 e. The van der Waals surface area contributed by atoms with Gasteiger partial charge >= 0.3 is 7.12 Å². The van der Waals surface area contributed by atoms with Gasteiger partial charge in [-0.1, -0.05) is 6.07 Å². The molecule has 2 rings (SSSR count). The predicted octanol–water partition coefficient (Wildman–Crippen LogP) is 1.61. The molecule has 0 atom stereocenters. The Morgan fingerprint density at radius 3 is 2.11 bits per heavy atom. The fourth-order valence-corrected chi connectivity index (χ4v) is 1.90. The molecule has 5 heteroatoms. The van der Waals surface area contributed by atoms with Crippen LogP contribution in [0.2, 0.25) is 0 Å². The molecule has 0 unspecified atom stereocenters. The van der Waals surface area contributed by atoms with Gasteiger partial charge in [-0.2, -0.15) is 0 Å². The first-order valence-corrected chi connectivity index (χ1v) is 6.56. The lowest BCUT2D eigenvalue weighted by Gasteiger charge is -2.32. The summed E-state index contributed by atoms with van der Waals surface area (Å²) >= 11 is 0. The highest BCUT2D eigenvalue weighted by molar-refractivity contribution is 6.62. The van der Waals surface area contributed by atoms with Crippen LogP contribution in [-0.4, -0.2) is 28.4 Å². The van der Waals surface area contributed by atoms with E-state index in [9.17, 15) is 5.11 Å². The molecule has 4 nitrogen and oxygen atoms in total. The van der Waals surface area contributed by atoms with Crippen molar-refractivity contribution in [1.82, 2.24) is 4.98 Å². The fourth-order valence-electron chi connectivity index (χ4n) is 1.90. The van der Waals surface area contributed by atoms with Crippen LogP contribution in [0, 0.1) is 0 Å². The van der Waals surface area contributed by atoms with Crippen LogP contribution < -0.4 is 5.46 Å². The third-order valence-corrected chi connectivity index (χ3v) is 3.99. The summed E-state index contributed by atoms with van der Waals surface area (Å²) in [5.74, 6) is 0. The van der Waals surface area contributed by atoms with E-state index in [1.54, 1.807) is 26.2 Å². The first-order valence-electron chi connectivity index (χ1n) is 6.56. The van der Waals surface area contributed by atoms with Gasteiger partial charge in [-0.15, -0.1) is 0 Å². The maximum atomic E-state index is 10.0. The average Bonchev–Trinajstić information content (AvgIpc) is 2.47. The Hall–Kier alpha value is -0.905. The molecular formula is C14H22BNO3. The Labute approximate surface area is 115 Å². The van der Waals surface area contributed by atoms with Crippen LogP contribution in [0.4, 0.5) is 0 Å². The van der Waals surface area contributed by atoms with Crippen LogP contribution >= 0.6 is 0 Å². The van der Waals surface area contributed by atoms with Crippen LogP contribution in [0.3, 0.4) is 0 Å². The van der Waals surface area contributed by atoms with Crippen LogP contribution in [0.5, 0.6) is 0 Å². The van der Waals surface area contributed by atoms with Crippen molar-refractivity contribution >= 4 is 12.6 Å². The number of hydrogen-bond acceptors (Lipinski definition) is 4. The van der Waals surface area contributed by atoms with Crippen molar-refractivity contribution in [2.45, 2.75) is 58.3 Å². The molecule has 1 N–H and O–H groups in total. The van der Waals surface area contributed by atoms with Gasteiger partial charge in [0.25, 0.3) is 0 Å². The van der Waals surface area contributed by atoms with E-state index < -0.39 is 12.7 Å². The van der Waals surface area contributed by atoms with Gasteiger partial charge in [0.05, 0.1) is 16.8 Å². The van der Waals surface area contributed by atoms with E-state index in [1.165, 1.54) is 0 Å². The summed E-state index contributed by atoms with van der Waals surface area (Å²) < 4.78 is 11.9. The van der Waals surface area contributed by atoms with E-state index in [4.69, 9.17) is 9.31 Å². The lowest BCUT2D eigenvalue weighted by atomic mass is 9.78. The topological polar surface area (TPSA) is 51.6 Å². The monoisotopic (exact) mass is 263 g/mol. The summed E-state index contributed by atoms with van der Waals surface area (Å²) in [5.41, 5.74) is -0.0877. The maximum absolute atomic E-state index is 10.0. The number of aromatic nitrogens is 1. The van der Waals surface area contributed by atoms with Gasteiger partial charge in [0, 0.05) is 23.4 Å². The van der Waals surface area contributed by atoms with Crippen molar-refractivity contribution < 1.29 is 14.4 Å². The molecule has 0 saturated carbocycles. The zero-order chi connectivity index (χ0) is 14.5. The van der Waals surface area contributed by atoms with E-state index in [0.717, 1.165) is 11.0 Å². The third kappa shape index (κ3) is 2.68. The summed E-state index contributed by atoms with van der Waals surface area (Å²) in [5, 5.41) is 10.0. The smallest absolute Gasteiger partial charge is 0.399 e. The number of rotatable bonds is 2. The van der Waals surface area contributed by atoms with Crippen molar-refractivity contribution in [1.29, 1.82) is 0 Å². The largest absolute Gasteiger partial charge is 0.496 e. The van der Waals surface area contributed by atoms with Gasteiger partial charge < -0.3 is 14.4 Å². The molecule has 2 heterocycles. The van der Waals surface area contributed by atoms with Crippen LogP contribution in [0.25, 0.3) is 0 Å². The summed E-state index contributed by atoms with van der Waals surface area (Å²) in [6.07, 6.45) is 3.38. The van der Waals surface area contributed by atoms with Crippen LogP contribution in [0.1, 0.15) is 47.1 Å². The van der Waals surface area contributed by atoms with Crippen molar-refractivity contribution in [2.75, 3.05) is 0 Å². The van der Waals surface area contributed by atoms with Gasteiger partial charge in [0.1, 0.15) is 0 Å². The second-order valence-electron chi connectivity index (χ2n) is 6.65. The molecular weight excluding hydrogens is 241 g/mol. The molecule has 19 heavy (non-hydrogen) atoms. The number of hydrogen-bond donors (Lipinski definition) is 1. The van der Waals surface area contributed by atoms with E-state index >= 15 is 0 Å². The van der Waals surface area contributed by atoms with Crippen LogP contribution in [-0.2, 0) is 14.9 Å². The molecule has 1 aromatic heterocycles. The van der Waals surface area contributed by atoms with Crippen LogP contribution in [0.15, 0.2) is 18.5 Å². The summed E-state index contributed by atoms with van der Waals surface area (Å²) in [7, 11) is -0.445. The second kappa shape index (κ2) is 4.30. The van der Waals surface area contributed by atoms with E-state index in [1.807, 2.05) is 33.8 Å². The lowest BCUT2D eigenvalue weighted by Crippen LogP contribution is -2.41. The number of nitrogens with zero attached hydrogens (tertiary/aromatic N) is 1. The summed E-state index contributed by atoms with van der Waals surface area (Å²) in [6.45, 7) is 11.5. The molecule has 0 aliphatic carbocycles. The van der Waals surface area contributed by atoms with Crippen molar-refractivity contribution in [2.24, 2.45) is 0 Å². The standard InChI is InChI=1S/C14H22BNO3/c1-12(2,17)10-7-11(9-16-8-10)15-18-13(3,4)14(5,6)19-15/h7-9,17H,1-6H3. The third-order valence-electron chi connectivity index (χ3n) is 3.99. The Morgan fingerprint density at radius 1 is 1.11 bits per heavy atom. The normalized spacial score (nSPS) is 21.7. The summed E-state index contributed by atoms with van der Waals surface area (Å²) in [4.78, 5) is 4.17. The Morgan fingerprint density at radius 2 is 1.63 bits per heavy atom. The Balaban J connectivity index is 2.30. The number of aliphatic hydroxyl groups is 1. The van der Waals surface area contributed by atoms with E-state index in [-0.39, 0.29) is 11.2 Å². The molecule has 1 fully saturated rings. The molecule has 1 saturated heterocycles. The SMILES string of the molecule is CC(C)(O)c1cncc(B2OC(C)(C)C(C)(C)O2)c1.